The van der Waals surface area contributed by atoms with Crippen molar-refractivity contribution in [1.29, 1.82) is 0 Å². The molecule has 0 saturated heterocycles. The van der Waals surface area contributed by atoms with E-state index in [1.807, 2.05) is 0 Å². The van der Waals surface area contributed by atoms with Crippen molar-refractivity contribution in [3.05, 3.63) is 29.8 Å². The molecule has 0 aliphatic rings. The first-order chi connectivity index (χ1) is 5.88. The number of anilines is 1. The first kappa shape index (κ1) is 9.87. The molecule has 7 heteroatoms. The van der Waals surface area contributed by atoms with Gasteiger partial charge in [-0.05, 0) is 12.1 Å². The third-order valence-electron chi connectivity index (χ3n) is 1.18. The summed E-state index contributed by atoms with van der Waals surface area (Å²) in [4.78, 5) is 0. The second kappa shape index (κ2) is 3.27. The highest BCUT2D eigenvalue weighted by atomic mass is 32.2. The van der Waals surface area contributed by atoms with Crippen molar-refractivity contribution in [3.8, 4) is 0 Å². The molecule has 13 heavy (non-hydrogen) atoms. The van der Waals surface area contributed by atoms with Crippen LogP contribution in [-0.4, -0.2) is 8.42 Å². The Morgan fingerprint density at radius 1 is 1.31 bits per heavy atom. The molecule has 0 heterocycles. The van der Waals surface area contributed by atoms with Gasteiger partial charge in [-0.25, -0.2) is 13.9 Å². The predicted molar refractivity (Wildman–Crippen MR) is 43.1 cm³/mol. The van der Waals surface area contributed by atoms with Crippen LogP contribution in [0.25, 0.3) is 0 Å². The summed E-state index contributed by atoms with van der Waals surface area (Å²) in [6, 6.07) is 2.35. The summed E-state index contributed by atoms with van der Waals surface area (Å²) in [5.41, 5.74) is -0.512. The van der Waals surface area contributed by atoms with Gasteiger partial charge in [-0.1, -0.05) is 0 Å². The molecular formula is C6H6F2N2O2S. The highest BCUT2D eigenvalue weighted by Gasteiger charge is 2.08. The minimum atomic E-state index is -4.07. The Hall–Kier alpha value is -1.21. The summed E-state index contributed by atoms with van der Waals surface area (Å²) in [6.45, 7) is 0. The lowest BCUT2D eigenvalue weighted by atomic mass is 10.3. The van der Waals surface area contributed by atoms with E-state index in [4.69, 9.17) is 0 Å². The predicted octanol–water partition coefficient (Wildman–Crippen LogP) is 0.580. The molecule has 0 atom stereocenters. The average Bonchev–Trinajstić information content (AvgIpc) is 1.94. The van der Waals surface area contributed by atoms with Crippen molar-refractivity contribution in [2.75, 3.05) is 4.72 Å². The van der Waals surface area contributed by atoms with Gasteiger partial charge in [0.15, 0.2) is 0 Å². The van der Waals surface area contributed by atoms with E-state index in [0.29, 0.717) is 6.07 Å². The number of nitrogens with one attached hydrogen (secondary N) is 1. The zero-order valence-corrected chi connectivity index (χ0v) is 7.11. The van der Waals surface area contributed by atoms with Crippen LogP contribution < -0.4 is 9.86 Å². The van der Waals surface area contributed by atoms with Crippen molar-refractivity contribution in [1.82, 2.24) is 0 Å². The van der Waals surface area contributed by atoms with E-state index in [0.717, 1.165) is 12.1 Å². The molecule has 0 radical (unpaired) electrons. The van der Waals surface area contributed by atoms with Crippen LogP contribution in [0.5, 0.6) is 0 Å². The van der Waals surface area contributed by atoms with Gasteiger partial charge in [0.05, 0.1) is 5.69 Å². The second-order valence-electron chi connectivity index (χ2n) is 2.27. The molecule has 0 saturated carbocycles. The highest BCUT2D eigenvalue weighted by Crippen LogP contribution is 2.15. The quantitative estimate of drug-likeness (QED) is 0.746. The van der Waals surface area contributed by atoms with Gasteiger partial charge in [0.1, 0.15) is 11.6 Å². The lowest BCUT2D eigenvalue weighted by Crippen LogP contribution is -2.22. The molecule has 0 fully saturated rings. The average molecular weight is 208 g/mol. The van der Waals surface area contributed by atoms with Crippen LogP contribution in [0.15, 0.2) is 18.2 Å². The van der Waals surface area contributed by atoms with Gasteiger partial charge < -0.3 is 0 Å². The minimum Gasteiger partial charge on any atom is -0.268 e. The maximum atomic E-state index is 12.8. The Balaban J connectivity index is 3.08. The van der Waals surface area contributed by atoms with Crippen LogP contribution in [0.4, 0.5) is 14.5 Å². The molecule has 72 valence electrons. The second-order valence-corrected chi connectivity index (χ2v) is 3.57. The Bertz CT molecular complexity index is 419. The summed E-state index contributed by atoms with van der Waals surface area (Å²) in [7, 11) is -4.07. The third kappa shape index (κ3) is 2.96. The normalized spacial score (nSPS) is 11.3. The molecule has 3 N–H and O–H groups in total. The molecule has 0 spiro atoms. The lowest BCUT2D eigenvalue weighted by molar-refractivity contribution is 0.595. The van der Waals surface area contributed by atoms with Gasteiger partial charge in [-0.15, -0.1) is 0 Å². The molecule has 1 aromatic carbocycles. The van der Waals surface area contributed by atoms with Gasteiger partial charge in [0.25, 0.3) is 10.2 Å². The zero-order valence-electron chi connectivity index (χ0n) is 6.29. The van der Waals surface area contributed by atoms with Crippen molar-refractivity contribution < 1.29 is 17.2 Å². The molecule has 4 nitrogen and oxygen atoms in total. The monoisotopic (exact) mass is 208 g/mol. The smallest absolute Gasteiger partial charge is 0.268 e. The number of nitrogens with two attached hydrogens (primary N) is 1. The fraction of sp³-hybridized carbons (Fsp3) is 0. The Labute approximate surface area is 73.5 Å². The first-order valence-electron chi connectivity index (χ1n) is 3.14. The number of benzene rings is 1. The van der Waals surface area contributed by atoms with E-state index < -0.39 is 27.5 Å². The molecule has 0 aliphatic carbocycles. The van der Waals surface area contributed by atoms with E-state index >= 15 is 0 Å². The molecule has 0 aromatic heterocycles. The summed E-state index contributed by atoms with van der Waals surface area (Å²) in [6.07, 6.45) is 0. The maximum absolute atomic E-state index is 12.8. The van der Waals surface area contributed by atoms with E-state index in [1.54, 1.807) is 4.72 Å². The fourth-order valence-corrected chi connectivity index (χ4v) is 1.19. The van der Waals surface area contributed by atoms with Gasteiger partial charge in [0, 0.05) is 6.07 Å². The molecule has 0 unspecified atom stereocenters. The molecule has 0 bridgehead atoms. The van der Waals surface area contributed by atoms with E-state index in [2.05, 4.69) is 5.14 Å². The Kier molecular flexibility index (Phi) is 2.48. The third-order valence-corrected chi connectivity index (χ3v) is 1.69. The number of hydrogen-bond donors (Lipinski definition) is 2. The standard InChI is InChI=1S/C6H6F2N2O2S/c7-4-1-2-5(8)6(3-4)10-13(9,11)12/h1-3,10H,(H2,9,11,12). The van der Waals surface area contributed by atoms with Crippen LogP contribution in [0.3, 0.4) is 0 Å². The van der Waals surface area contributed by atoms with Crippen LogP contribution >= 0.6 is 0 Å². The SMILES string of the molecule is NS(=O)(=O)Nc1cc(F)ccc1F. The van der Waals surface area contributed by atoms with Crippen LogP contribution in [-0.2, 0) is 10.2 Å². The van der Waals surface area contributed by atoms with Crippen molar-refractivity contribution in [2.24, 2.45) is 5.14 Å². The van der Waals surface area contributed by atoms with Gasteiger partial charge >= 0.3 is 0 Å². The Morgan fingerprint density at radius 3 is 2.46 bits per heavy atom. The minimum absolute atomic E-state index is 0.512. The summed E-state index contributed by atoms with van der Waals surface area (Å²) in [5.74, 6) is -1.65. The van der Waals surface area contributed by atoms with Crippen molar-refractivity contribution in [2.45, 2.75) is 0 Å². The molecule has 1 aromatic rings. The zero-order chi connectivity index (χ0) is 10.1. The topological polar surface area (TPSA) is 72.2 Å². The summed E-state index contributed by atoms with van der Waals surface area (Å²) >= 11 is 0. The van der Waals surface area contributed by atoms with E-state index in [-0.39, 0.29) is 0 Å². The summed E-state index contributed by atoms with van der Waals surface area (Å²) in [5, 5.41) is 4.56. The molecule has 0 amide bonds. The first-order valence-corrected chi connectivity index (χ1v) is 4.69. The maximum Gasteiger partial charge on any atom is 0.296 e. The van der Waals surface area contributed by atoms with Crippen LogP contribution in [0, 0.1) is 11.6 Å². The molecule has 0 aliphatic heterocycles. The fourth-order valence-electron chi connectivity index (χ4n) is 0.729. The number of rotatable bonds is 2. The van der Waals surface area contributed by atoms with Crippen LogP contribution in [0.2, 0.25) is 0 Å². The van der Waals surface area contributed by atoms with E-state index in [1.165, 1.54) is 0 Å². The highest BCUT2D eigenvalue weighted by molar-refractivity contribution is 7.90. The van der Waals surface area contributed by atoms with Gasteiger partial charge in [-0.3, -0.25) is 4.72 Å². The largest absolute Gasteiger partial charge is 0.296 e. The molecular weight excluding hydrogens is 202 g/mol. The Morgan fingerprint density at radius 2 is 1.92 bits per heavy atom. The number of halogens is 2. The number of hydrogen-bond acceptors (Lipinski definition) is 2. The lowest BCUT2D eigenvalue weighted by Gasteiger charge is -2.03. The van der Waals surface area contributed by atoms with Crippen molar-refractivity contribution >= 4 is 15.9 Å². The van der Waals surface area contributed by atoms with Gasteiger partial charge in [-0.2, -0.15) is 8.42 Å². The van der Waals surface area contributed by atoms with Crippen molar-refractivity contribution in [3.63, 3.8) is 0 Å². The molecule has 1 rings (SSSR count). The van der Waals surface area contributed by atoms with Gasteiger partial charge in [0.2, 0.25) is 0 Å². The van der Waals surface area contributed by atoms with Crippen LogP contribution in [0.1, 0.15) is 0 Å². The summed E-state index contributed by atoms with van der Waals surface area (Å²) < 4.78 is 47.7. The van der Waals surface area contributed by atoms with E-state index in [9.17, 15) is 17.2 Å².